The Bertz CT molecular complexity index is 1460. The summed E-state index contributed by atoms with van der Waals surface area (Å²) in [6.45, 7) is 2.51. The van der Waals surface area contributed by atoms with Gasteiger partial charge in [0.05, 0.1) is 18.7 Å². The van der Waals surface area contributed by atoms with E-state index in [1.165, 1.54) is 23.8 Å². The van der Waals surface area contributed by atoms with Gasteiger partial charge in [0.25, 0.3) is 5.56 Å². The summed E-state index contributed by atoms with van der Waals surface area (Å²) in [7, 11) is -4.02. The van der Waals surface area contributed by atoms with Crippen LogP contribution in [0.15, 0.2) is 77.7 Å². The third-order valence-electron chi connectivity index (χ3n) is 6.41. The molecule has 0 radical (unpaired) electrons. The highest BCUT2D eigenvalue weighted by molar-refractivity contribution is 7.71. The summed E-state index contributed by atoms with van der Waals surface area (Å²) in [5.74, 6) is -1.19. The van der Waals surface area contributed by atoms with Gasteiger partial charge in [0.1, 0.15) is 30.2 Å². The van der Waals surface area contributed by atoms with Crippen LogP contribution in [0.5, 0.6) is 5.75 Å². The van der Waals surface area contributed by atoms with Gasteiger partial charge >= 0.3 is 13.6 Å². The second kappa shape index (κ2) is 12.6. The lowest BCUT2D eigenvalue weighted by Crippen LogP contribution is -2.44. The second-order valence-corrected chi connectivity index (χ2v) is 12.1. The Hall–Kier alpha value is -3.12. The van der Waals surface area contributed by atoms with Crippen LogP contribution in [-0.2, 0) is 30.0 Å². The molecule has 0 spiro atoms. The van der Waals surface area contributed by atoms with Crippen molar-refractivity contribution in [2.24, 2.45) is 5.92 Å². The lowest BCUT2D eigenvalue weighted by Gasteiger charge is -2.28. The molecule has 1 saturated heterocycles. The Morgan fingerprint density at radius 3 is 2.48 bits per heavy atom. The summed E-state index contributed by atoms with van der Waals surface area (Å²) in [5, 5.41) is 21.9. The number of aromatic amines is 1. The number of carbonyl (C=O) groups excluding carboxylic acids is 1. The van der Waals surface area contributed by atoms with Crippen molar-refractivity contribution in [1.29, 1.82) is 0 Å². The Morgan fingerprint density at radius 1 is 1.18 bits per heavy atom. The highest BCUT2D eigenvalue weighted by Crippen LogP contribution is 2.51. The van der Waals surface area contributed by atoms with E-state index < -0.39 is 55.7 Å². The molecule has 0 aliphatic carbocycles. The molecule has 3 N–H and O–H groups in total. The van der Waals surface area contributed by atoms with E-state index in [0.29, 0.717) is 0 Å². The van der Waals surface area contributed by atoms with Gasteiger partial charge < -0.3 is 24.2 Å². The van der Waals surface area contributed by atoms with E-state index in [2.05, 4.69) is 4.98 Å². The Morgan fingerprint density at radius 2 is 1.82 bits per heavy atom. The average Bonchev–Trinajstić information content (AvgIpc) is 3.15. The average molecular weight is 591 g/mol. The lowest BCUT2D eigenvalue weighted by molar-refractivity contribution is -0.148. The minimum absolute atomic E-state index is 0.0209. The van der Waals surface area contributed by atoms with Gasteiger partial charge in [0.2, 0.25) is 0 Å². The normalized spacial score (nSPS) is 24.6. The summed E-state index contributed by atoms with van der Waals surface area (Å²) in [4.78, 5) is 26.7. The highest BCUT2D eigenvalue weighted by atomic mass is 32.1. The van der Waals surface area contributed by atoms with Crippen LogP contribution in [0, 0.1) is 10.7 Å². The summed E-state index contributed by atoms with van der Waals surface area (Å²) < 4.78 is 37.9. The van der Waals surface area contributed by atoms with Gasteiger partial charge in [-0.25, -0.2) is 4.57 Å². The predicted octanol–water partition coefficient (Wildman–Crippen LogP) is 3.58. The largest absolute Gasteiger partial charge is 0.461 e. The van der Waals surface area contributed by atoms with Crippen LogP contribution in [0.3, 0.4) is 0 Å². The molecule has 40 heavy (non-hydrogen) atoms. The molecule has 2 heterocycles. The van der Waals surface area contributed by atoms with Crippen molar-refractivity contribution in [2.75, 3.05) is 12.8 Å². The van der Waals surface area contributed by atoms with Crippen LogP contribution in [0.4, 0.5) is 0 Å². The first-order valence-corrected chi connectivity index (χ1v) is 14.7. The molecule has 2 aromatic carbocycles. The number of ether oxygens (including phenoxy) is 2. The molecule has 4 rings (SSSR count). The number of benzene rings is 2. The van der Waals surface area contributed by atoms with Gasteiger partial charge in [0, 0.05) is 12.3 Å². The van der Waals surface area contributed by atoms with Gasteiger partial charge in [-0.15, -0.1) is 0 Å². The number of aromatic nitrogens is 2. The Balaban J connectivity index is 1.48. The molecule has 0 saturated carbocycles. The summed E-state index contributed by atoms with van der Waals surface area (Å²) in [5.41, 5.74) is -1.47. The SMILES string of the molecule is C[C@H](C[P@](=O)(OC[C@H]1O[C@@H](n2ccc(=O)[nH]c2=S)C(C)(O)[C@H]1O)Oc1ccccc1)C(=O)OCc1ccccc1. The molecule has 1 fully saturated rings. The molecule has 6 atom stereocenters. The van der Waals surface area contributed by atoms with Gasteiger partial charge in [-0.2, -0.15) is 0 Å². The zero-order valence-electron chi connectivity index (χ0n) is 21.9. The molecule has 1 aliphatic heterocycles. The van der Waals surface area contributed by atoms with Crippen LogP contribution < -0.4 is 10.1 Å². The molecule has 1 aromatic heterocycles. The summed E-state index contributed by atoms with van der Waals surface area (Å²) >= 11 is 5.17. The number of carbonyl (C=O) groups is 1. The van der Waals surface area contributed by atoms with Crippen molar-refractivity contribution >= 4 is 25.8 Å². The molecule has 1 unspecified atom stereocenters. The minimum atomic E-state index is -4.02. The first-order chi connectivity index (χ1) is 19.0. The van der Waals surface area contributed by atoms with E-state index in [1.54, 1.807) is 37.3 Å². The van der Waals surface area contributed by atoms with Crippen molar-refractivity contribution < 1.29 is 38.1 Å². The zero-order valence-corrected chi connectivity index (χ0v) is 23.6. The molecule has 1 aliphatic rings. The fraction of sp³-hybridized carbons (Fsp3) is 0.370. The van der Waals surface area contributed by atoms with E-state index in [4.69, 9.17) is 30.7 Å². The fourth-order valence-corrected chi connectivity index (χ4v) is 6.34. The van der Waals surface area contributed by atoms with Gasteiger partial charge in [-0.05, 0) is 36.8 Å². The third-order valence-corrected chi connectivity index (χ3v) is 8.74. The predicted molar refractivity (Wildman–Crippen MR) is 147 cm³/mol. The summed E-state index contributed by atoms with van der Waals surface area (Å²) in [6, 6.07) is 18.7. The lowest BCUT2D eigenvalue weighted by atomic mass is 9.96. The van der Waals surface area contributed by atoms with Crippen LogP contribution in [0.1, 0.15) is 25.6 Å². The minimum Gasteiger partial charge on any atom is -0.461 e. The number of hydrogen-bond donors (Lipinski definition) is 3. The monoisotopic (exact) mass is 590 g/mol. The van der Waals surface area contributed by atoms with Gasteiger partial charge in [-0.1, -0.05) is 55.5 Å². The fourth-order valence-electron chi connectivity index (χ4n) is 4.22. The molecule has 214 valence electrons. The van der Waals surface area contributed by atoms with Crippen LogP contribution >= 0.6 is 19.8 Å². The molecule has 0 amide bonds. The maximum atomic E-state index is 13.9. The smallest absolute Gasteiger partial charge is 0.380 e. The Kier molecular flexibility index (Phi) is 9.40. The first-order valence-electron chi connectivity index (χ1n) is 12.5. The molecule has 11 nitrogen and oxygen atoms in total. The van der Waals surface area contributed by atoms with E-state index in [1.807, 2.05) is 30.3 Å². The van der Waals surface area contributed by atoms with E-state index >= 15 is 0 Å². The number of nitrogens with zero attached hydrogens (tertiary/aromatic N) is 1. The van der Waals surface area contributed by atoms with E-state index in [-0.39, 0.29) is 23.3 Å². The zero-order chi connectivity index (χ0) is 28.9. The maximum Gasteiger partial charge on any atom is 0.380 e. The molecular weight excluding hydrogens is 559 g/mol. The number of aliphatic hydroxyl groups excluding tert-OH is 1. The van der Waals surface area contributed by atoms with Crippen molar-refractivity contribution in [2.45, 2.75) is 44.5 Å². The number of H-pyrrole nitrogens is 1. The van der Waals surface area contributed by atoms with Crippen LogP contribution in [-0.4, -0.2) is 56.3 Å². The number of para-hydroxylation sites is 1. The first kappa shape index (κ1) is 29.9. The topological polar surface area (TPSA) is 149 Å². The van der Waals surface area contributed by atoms with Gasteiger partial charge in [-0.3, -0.25) is 23.7 Å². The van der Waals surface area contributed by atoms with Crippen LogP contribution in [0.2, 0.25) is 0 Å². The number of aliphatic hydroxyl groups is 2. The maximum absolute atomic E-state index is 13.9. The van der Waals surface area contributed by atoms with Crippen molar-refractivity contribution in [1.82, 2.24) is 9.55 Å². The van der Waals surface area contributed by atoms with E-state index in [9.17, 15) is 24.4 Å². The molecule has 3 aromatic rings. The third kappa shape index (κ3) is 7.14. The number of esters is 1. The van der Waals surface area contributed by atoms with Crippen LogP contribution in [0.25, 0.3) is 0 Å². The van der Waals surface area contributed by atoms with Crippen molar-refractivity contribution in [3.63, 3.8) is 0 Å². The number of rotatable bonds is 11. The summed E-state index contributed by atoms with van der Waals surface area (Å²) in [6.07, 6.45) is -2.79. The Labute approximate surface area is 235 Å². The molecular formula is C27H31N2O9PS. The molecule has 0 bridgehead atoms. The van der Waals surface area contributed by atoms with Crippen molar-refractivity contribution in [3.8, 4) is 5.75 Å². The standard InChI is InChI=1S/C27H31N2O9PS/c1-18(24(32)35-15-19-9-5-3-6-10-19)17-39(34,38-20-11-7-4-8-12-20)36-16-21-23(31)27(2,33)25(37-21)29-14-13-22(30)28-26(29)40/h3-14,18,21,23,25,31,33H,15-17H2,1-2H3,(H,28,30,40)/t18-,21-,23+,25-,27?,39+/m1/s1. The number of nitrogens with one attached hydrogen (secondary N) is 1. The molecule has 13 heteroatoms. The van der Waals surface area contributed by atoms with Crippen molar-refractivity contribution in [3.05, 3.63) is 93.6 Å². The van der Waals surface area contributed by atoms with Gasteiger partial charge in [0.15, 0.2) is 11.0 Å². The quantitative estimate of drug-likeness (QED) is 0.172. The van der Waals surface area contributed by atoms with E-state index in [0.717, 1.165) is 5.56 Å². The number of hydrogen-bond acceptors (Lipinski definition) is 10. The highest BCUT2D eigenvalue weighted by Gasteiger charge is 2.53. The second-order valence-electron chi connectivity index (χ2n) is 9.70.